The quantitative estimate of drug-likeness (QED) is 0.762. The Labute approximate surface area is 129 Å². The molecule has 0 aromatic carbocycles. The molecule has 0 amide bonds. The fraction of sp³-hybridized carbons (Fsp3) is 1.00. The van der Waals surface area contributed by atoms with Crippen LogP contribution >= 0.6 is 0 Å². The first-order chi connectivity index (χ1) is 9.84. The van der Waals surface area contributed by atoms with Crippen LogP contribution in [0.15, 0.2) is 0 Å². The molecule has 2 atom stereocenters. The highest BCUT2D eigenvalue weighted by Gasteiger charge is 2.40. The molecule has 0 spiro atoms. The number of aliphatic hydroxyl groups is 1. The fourth-order valence-corrected chi connectivity index (χ4v) is 3.50. The van der Waals surface area contributed by atoms with Crippen molar-refractivity contribution in [2.45, 2.75) is 51.9 Å². The summed E-state index contributed by atoms with van der Waals surface area (Å²) < 4.78 is 11.6. The van der Waals surface area contributed by atoms with Gasteiger partial charge in [-0.3, -0.25) is 4.90 Å². The minimum absolute atomic E-state index is 0.0776. The third-order valence-corrected chi connectivity index (χ3v) is 4.38. The number of ether oxygens (including phenoxy) is 2. The highest BCUT2D eigenvalue weighted by atomic mass is 16.5. The molecule has 2 saturated heterocycles. The summed E-state index contributed by atoms with van der Waals surface area (Å²) >= 11 is 0. The summed E-state index contributed by atoms with van der Waals surface area (Å²) in [4.78, 5) is 2.45. The topological polar surface area (TPSA) is 54.0 Å². The number of nitrogens with one attached hydrogen (secondary N) is 1. The lowest BCUT2D eigenvalue weighted by Crippen LogP contribution is -2.57. The van der Waals surface area contributed by atoms with Crippen molar-refractivity contribution in [3.05, 3.63) is 0 Å². The van der Waals surface area contributed by atoms with Crippen molar-refractivity contribution in [3.63, 3.8) is 0 Å². The van der Waals surface area contributed by atoms with Crippen LogP contribution in [-0.4, -0.2) is 73.8 Å². The van der Waals surface area contributed by atoms with Gasteiger partial charge >= 0.3 is 0 Å². The maximum absolute atomic E-state index is 9.45. The van der Waals surface area contributed by atoms with Crippen molar-refractivity contribution in [1.29, 1.82) is 0 Å². The Hall–Kier alpha value is -0.200. The SMILES string of the molecule is CC(C)NCC1(CN2CC(CO)OC(C)(C)C2)CCOC1. The van der Waals surface area contributed by atoms with Gasteiger partial charge in [0.1, 0.15) is 0 Å². The Kier molecular flexibility index (Phi) is 5.65. The van der Waals surface area contributed by atoms with Gasteiger partial charge in [-0.2, -0.15) is 0 Å². The Balaban J connectivity index is 1.99. The second-order valence-electron chi connectivity index (χ2n) is 7.69. The average Bonchev–Trinajstić information content (AvgIpc) is 2.83. The maximum atomic E-state index is 9.45. The van der Waals surface area contributed by atoms with Gasteiger partial charge in [0.15, 0.2) is 0 Å². The summed E-state index contributed by atoms with van der Waals surface area (Å²) in [5.41, 5.74) is -0.00449. The molecule has 0 aromatic rings. The van der Waals surface area contributed by atoms with Crippen LogP contribution in [0.5, 0.6) is 0 Å². The van der Waals surface area contributed by atoms with Crippen molar-refractivity contribution < 1.29 is 14.6 Å². The van der Waals surface area contributed by atoms with E-state index in [0.29, 0.717) is 6.04 Å². The number of aliphatic hydroxyl groups excluding tert-OH is 1. The molecule has 124 valence electrons. The smallest absolute Gasteiger partial charge is 0.0940 e. The van der Waals surface area contributed by atoms with Crippen LogP contribution in [0.3, 0.4) is 0 Å². The van der Waals surface area contributed by atoms with Crippen LogP contribution in [0, 0.1) is 5.41 Å². The van der Waals surface area contributed by atoms with Gasteiger partial charge in [0.25, 0.3) is 0 Å². The van der Waals surface area contributed by atoms with Gasteiger partial charge < -0.3 is 19.9 Å². The summed E-state index contributed by atoms with van der Waals surface area (Å²) in [6, 6.07) is 0.494. The molecule has 0 radical (unpaired) electrons. The summed E-state index contributed by atoms with van der Waals surface area (Å²) in [5, 5.41) is 13.0. The fourth-order valence-electron chi connectivity index (χ4n) is 3.50. The highest BCUT2D eigenvalue weighted by Crippen LogP contribution is 2.31. The molecule has 0 aromatic heterocycles. The van der Waals surface area contributed by atoms with Crippen molar-refractivity contribution >= 4 is 0 Å². The highest BCUT2D eigenvalue weighted by molar-refractivity contribution is 4.93. The second-order valence-corrected chi connectivity index (χ2v) is 7.69. The van der Waals surface area contributed by atoms with E-state index in [-0.39, 0.29) is 23.7 Å². The van der Waals surface area contributed by atoms with Crippen LogP contribution in [0.2, 0.25) is 0 Å². The number of nitrogens with zero attached hydrogens (tertiary/aromatic N) is 1. The second kappa shape index (κ2) is 6.92. The van der Waals surface area contributed by atoms with Crippen molar-refractivity contribution in [1.82, 2.24) is 10.2 Å². The molecule has 0 aliphatic carbocycles. The Morgan fingerprint density at radius 1 is 1.38 bits per heavy atom. The molecule has 2 aliphatic heterocycles. The molecule has 0 bridgehead atoms. The first-order valence-electron chi connectivity index (χ1n) is 8.16. The van der Waals surface area contributed by atoms with E-state index in [0.717, 1.165) is 45.8 Å². The normalized spacial score (nSPS) is 33.7. The summed E-state index contributed by atoms with van der Waals surface area (Å²) in [6.07, 6.45) is 1.03. The van der Waals surface area contributed by atoms with Crippen LogP contribution in [-0.2, 0) is 9.47 Å². The molecule has 2 fully saturated rings. The molecule has 5 nitrogen and oxygen atoms in total. The number of hydrogen-bond acceptors (Lipinski definition) is 5. The molecule has 2 rings (SSSR count). The summed E-state index contributed by atoms with van der Waals surface area (Å²) in [5.74, 6) is 0. The van der Waals surface area contributed by atoms with E-state index in [4.69, 9.17) is 9.47 Å². The van der Waals surface area contributed by atoms with E-state index in [2.05, 4.69) is 37.9 Å². The van der Waals surface area contributed by atoms with Gasteiger partial charge in [0.05, 0.1) is 24.9 Å². The third kappa shape index (κ3) is 4.89. The first kappa shape index (κ1) is 17.2. The Bertz CT molecular complexity index is 327. The molecule has 2 N–H and O–H groups in total. The predicted molar refractivity (Wildman–Crippen MR) is 83.5 cm³/mol. The Morgan fingerprint density at radius 3 is 2.71 bits per heavy atom. The largest absolute Gasteiger partial charge is 0.394 e. The van der Waals surface area contributed by atoms with E-state index < -0.39 is 0 Å². The molecular weight excluding hydrogens is 268 g/mol. The van der Waals surface area contributed by atoms with Gasteiger partial charge in [0.2, 0.25) is 0 Å². The molecule has 2 aliphatic rings. The standard InChI is InChI=1S/C16H32N2O3/c1-13(2)17-9-16(5-6-20-12-16)11-18-7-14(8-19)21-15(3,4)10-18/h13-14,17,19H,5-12H2,1-4H3. The minimum atomic E-state index is -0.197. The Morgan fingerprint density at radius 2 is 2.14 bits per heavy atom. The average molecular weight is 300 g/mol. The summed E-state index contributed by atoms with van der Waals surface area (Å²) in [6.45, 7) is 14.1. The van der Waals surface area contributed by atoms with Crippen molar-refractivity contribution in [3.8, 4) is 0 Å². The molecule has 2 heterocycles. The first-order valence-corrected chi connectivity index (χ1v) is 8.16. The lowest BCUT2D eigenvalue weighted by molar-refractivity contribution is -0.154. The zero-order chi connectivity index (χ0) is 15.5. The lowest BCUT2D eigenvalue weighted by Gasteiger charge is -2.45. The monoisotopic (exact) mass is 300 g/mol. The number of hydrogen-bond donors (Lipinski definition) is 2. The van der Waals surface area contributed by atoms with Gasteiger partial charge in [-0.1, -0.05) is 13.8 Å². The van der Waals surface area contributed by atoms with E-state index in [1.807, 2.05) is 0 Å². The van der Waals surface area contributed by atoms with Crippen molar-refractivity contribution in [2.75, 3.05) is 46.0 Å². The minimum Gasteiger partial charge on any atom is -0.394 e. The molecule has 21 heavy (non-hydrogen) atoms. The molecule has 0 saturated carbocycles. The van der Waals surface area contributed by atoms with Gasteiger partial charge in [-0.05, 0) is 20.3 Å². The predicted octanol–water partition coefficient (Wildman–Crippen LogP) is 0.863. The molecule has 5 heteroatoms. The lowest BCUT2D eigenvalue weighted by atomic mass is 9.85. The van der Waals surface area contributed by atoms with E-state index >= 15 is 0 Å². The van der Waals surface area contributed by atoms with Gasteiger partial charge in [0, 0.05) is 44.2 Å². The van der Waals surface area contributed by atoms with Gasteiger partial charge in [-0.25, -0.2) is 0 Å². The van der Waals surface area contributed by atoms with Crippen LogP contribution < -0.4 is 5.32 Å². The molecule has 2 unspecified atom stereocenters. The van der Waals surface area contributed by atoms with Crippen LogP contribution in [0.4, 0.5) is 0 Å². The number of rotatable bonds is 6. The van der Waals surface area contributed by atoms with Gasteiger partial charge in [-0.15, -0.1) is 0 Å². The zero-order valence-corrected chi connectivity index (χ0v) is 14.0. The third-order valence-electron chi connectivity index (χ3n) is 4.38. The maximum Gasteiger partial charge on any atom is 0.0940 e. The van der Waals surface area contributed by atoms with Crippen molar-refractivity contribution in [2.24, 2.45) is 5.41 Å². The van der Waals surface area contributed by atoms with E-state index in [1.54, 1.807) is 0 Å². The van der Waals surface area contributed by atoms with E-state index in [9.17, 15) is 5.11 Å². The molecular formula is C16H32N2O3. The zero-order valence-electron chi connectivity index (χ0n) is 14.0. The van der Waals surface area contributed by atoms with Crippen LogP contribution in [0.25, 0.3) is 0 Å². The van der Waals surface area contributed by atoms with Crippen LogP contribution in [0.1, 0.15) is 34.1 Å². The van der Waals surface area contributed by atoms with E-state index in [1.165, 1.54) is 0 Å². The summed E-state index contributed by atoms with van der Waals surface area (Å²) in [7, 11) is 0. The number of morpholine rings is 1.